The number of halogens is 1. The summed E-state index contributed by atoms with van der Waals surface area (Å²) < 4.78 is 10.6. The number of ether oxygens (including phenoxy) is 2. The highest BCUT2D eigenvalue weighted by atomic mass is 35.5. The molecule has 0 aromatic heterocycles. The lowest BCUT2D eigenvalue weighted by atomic mass is 10.1. The van der Waals surface area contributed by atoms with Crippen molar-refractivity contribution in [1.29, 1.82) is 0 Å². The Balaban J connectivity index is 1.77. The second kappa shape index (κ2) is 11.2. The van der Waals surface area contributed by atoms with Gasteiger partial charge in [0.2, 0.25) is 0 Å². The van der Waals surface area contributed by atoms with E-state index in [1.165, 1.54) is 6.92 Å². The summed E-state index contributed by atoms with van der Waals surface area (Å²) in [5.74, 6) is -0.577. The molecule has 6 nitrogen and oxygen atoms in total. The molecular weight excluding hydrogens is 394 g/mol. The minimum Gasteiger partial charge on any atom is -0.494 e. The van der Waals surface area contributed by atoms with Gasteiger partial charge in [-0.2, -0.15) is 0 Å². The van der Waals surface area contributed by atoms with Gasteiger partial charge in [-0.3, -0.25) is 14.4 Å². The average Bonchev–Trinajstić information content (AvgIpc) is 2.70. The molecule has 0 unspecified atom stereocenters. The third kappa shape index (κ3) is 7.58. The number of ketones is 1. The van der Waals surface area contributed by atoms with Gasteiger partial charge in [-0.1, -0.05) is 24.6 Å². The van der Waals surface area contributed by atoms with Crippen LogP contribution in [0.15, 0.2) is 48.5 Å². The first kappa shape index (κ1) is 22.4. The molecule has 7 heteroatoms. The highest BCUT2D eigenvalue weighted by Crippen LogP contribution is 2.16. The highest BCUT2D eigenvalue weighted by molar-refractivity contribution is 6.30. The smallest absolute Gasteiger partial charge is 0.307 e. The molecule has 154 valence electrons. The number of amides is 1. The first-order valence-corrected chi connectivity index (χ1v) is 9.78. The molecule has 0 aliphatic carbocycles. The Hall–Kier alpha value is -2.86. The van der Waals surface area contributed by atoms with E-state index in [-0.39, 0.29) is 18.6 Å². The van der Waals surface area contributed by atoms with E-state index in [0.29, 0.717) is 28.6 Å². The van der Waals surface area contributed by atoms with E-state index in [9.17, 15) is 14.4 Å². The number of rotatable bonds is 10. The Morgan fingerprint density at radius 2 is 1.79 bits per heavy atom. The first-order valence-electron chi connectivity index (χ1n) is 9.41. The van der Waals surface area contributed by atoms with Gasteiger partial charge in [0, 0.05) is 22.7 Å². The molecule has 0 fully saturated rings. The molecule has 0 saturated heterocycles. The van der Waals surface area contributed by atoms with Gasteiger partial charge >= 0.3 is 5.97 Å². The minimum atomic E-state index is -0.994. The number of nitrogens with one attached hydrogen (secondary N) is 1. The van der Waals surface area contributed by atoms with Gasteiger partial charge in [0.05, 0.1) is 13.0 Å². The Labute approximate surface area is 175 Å². The number of hydrogen-bond donors (Lipinski definition) is 1. The molecule has 0 bridgehead atoms. The highest BCUT2D eigenvalue weighted by Gasteiger charge is 2.19. The summed E-state index contributed by atoms with van der Waals surface area (Å²) in [7, 11) is 0. The van der Waals surface area contributed by atoms with E-state index >= 15 is 0 Å². The fourth-order valence-corrected chi connectivity index (χ4v) is 2.63. The van der Waals surface area contributed by atoms with Crippen LogP contribution in [0, 0.1) is 0 Å². The third-order valence-electron chi connectivity index (χ3n) is 3.97. The standard InChI is InChI=1S/C22H24ClNO5/c1-3-13-28-19-9-7-16(8-10-19)20(25)11-12-21(26)29-15(2)22(27)24-18-6-4-5-17(23)14-18/h4-10,14-15H,3,11-13H2,1-2H3,(H,24,27)/t15-/m0/s1. The van der Waals surface area contributed by atoms with Crippen LogP contribution in [0.4, 0.5) is 5.69 Å². The molecule has 2 aromatic rings. The Bertz CT molecular complexity index is 851. The maximum absolute atomic E-state index is 12.2. The van der Waals surface area contributed by atoms with Crippen LogP contribution in [0.5, 0.6) is 5.75 Å². The quantitative estimate of drug-likeness (QED) is 0.449. The monoisotopic (exact) mass is 417 g/mol. The topological polar surface area (TPSA) is 81.7 Å². The van der Waals surface area contributed by atoms with Crippen molar-refractivity contribution in [3.8, 4) is 5.75 Å². The van der Waals surface area contributed by atoms with Crippen molar-refractivity contribution >= 4 is 34.9 Å². The van der Waals surface area contributed by atoms with Crippen molar-refractivity contribution < 1.29 is 23.9 Å². The van der Waals surface area contributed by atoms with Gasteiger partial charge in [0.1, 0.15) is 5.75 Å². The van der Waals surface area contributed by atoms with Gasteiger partial charge < -0.3 is 14.8 Å². The van der Waals surface area contributed by atoms with E-state index in [1.54, 1.807) is 48.5 Å². The number of carbonyl (C=O) groups excluding carboxylic acids is 3. The van der Waals surface area contributed by atoms with E-state index < -0.39 is 18.0 Å². The van der Waals surface area contributed by atoms with Crippen LogP contribution in [-0.2, 0) is 14.3 Å². The van der Waals surface area contributed by atoms with E-state index in [1.807, 2.05) is 6.92 Å². The van der Waals surface area contributed by atoms with E-state index in [0.717, 1.165) is 6.42 Å². The zero-order valence-electron chi connectivity index (χ0n) is 16.4. The maximum atomic E-state index is 12.2. The van der Waals surface area contributed by atoms with Crippen molar-refractivity contribution in [3.05, 3.63) is 59.1 Å². The Morgan fingerprint density at radius 3 is 2.45 bits per heavy atom. The second-order valence-corrected chi connectivity index (χ2v) is 6.86. The summed E-state index contributed by atoms with van der Waals surface area (Å²) in [5, 5.41) is 3.10. The second-order valence-electron chi connectivity index (χ2n) is 6.43. The van der Waals surface area contributed by atoms with Crippen molar-refractivity contribution in [2.75, 3.05) is 11.9 Å². The van der Waals surface area contributed by atoms with Crippen LogP contribution in [0.25, 0.3) is 0 Å². The van der Waals surface area contributed by atoms with Gasteiger partial charge in [-0.05, 0) is 55.8 Å². The number of anilines is 1. The van der Waals surface area contributed by atoms with Crippen molar-refractivity contribution in [1.82, 2.24) is 0 Å². The lowest BCUT2D eigenvalue weighted by molar-refractivity contribution is -0.153. The molecule has 29 heavy (non-hydrogen) atoms. The first-order chi connectivity index (χ1) is 13.9. The zero-order valence-corrected chi connectivity index (χ0v) is 17.2. The fraction of sp³-hybridized carbons (Fsp3) is 0.318. The molecule has 2 aromatic carbocycles. The summed E-state index contributed by atoms with van der Waals surface area (Å²) >= 11 is 5.87. The summed E-state index contributed by atoms with van der Waals surface area (Å²) in [6.07, 6.45) is -0.206. The van der Waals surface area contributed by atoms with E-state index in [4.69, 9.17) is 21.1 Å². The fourth-order valence-electron chi connectivity index (χ4n) is 2.44. The van der Waals surface area contributed by atoms with Crippen LogP contribution in [0.2, 0.25) is 5.02 Å². The largest absolute Gasteiger partial charge is 0.494 e. The van der Waals surface area contributed by atoms with Crippen LogP contribution < -0.4 is 10.1 Å². The predicted molar refractivity (Wildman–Crippen MR) is 111 cm³/mol. The summed E-state index contributed by atoms with van der Waals surface area (Å²) in [6.45, 7) is 4.09. The van der Waals surface area contributed by atoms with Crippen LogP contribution in [0.3, 0.4) is 0 Å². The predicted octanol–water partition coefficient (Wildman–Crippen LogP) is 4.66. The molecule has 1 amide bonds. The molecule has 0 aliphatic heterocycles. The summed E-state index contributed by atoms with van der Waals surface area (Å²) in [6, 6.07) is 13.4. The van der Waals surface area contributed by atoms with Gasteiger partial charge in [0.15, 0.2) is 11.9 Å². The van der Waals surface area contributed by atoms with Crippen molar-refractivity contribution in [3.63, 3.8) is 0 Å². The molecule has 2 rings (SSSR count). The summed E-state index contributed by atoms with van der Waals surface area (Å²) in [5.41, 5.74) is 1.00. The number of benzene rings is 2. The number of carbonyl (C=O) groups is 3. The average molecular weight is 418 g/mol. The molecule has 0 heterocycles. The zero-order chi connectivity index (χ0) is 21.2. The minimum absolute atomic E-state index is 0.00334. The van der Waals surface area contributed by atoms with Gasteiger partial charge in [-0.15, -0.1) is 0 Å². The van der Waals surface area contributed by atoms with Crippen LogP contribution >= 0.6 is 11.6 Å². The third-order valence-corrected chi connectivity index (χ3v) is 4.21. The molecule has 0 aliphatic rings. The normalized spacial score (nSPS) is 11.4. The van der Waals surface area contributed by atoms with Gasteiger partial charge in [-0.25, -0.2) is 0 Å². The van der Waals surface area contributed by atoms with Crippen molar-refractivity contribution in [2.24, 2.45) is 0 Å². The molecule has 1 N–H and O–H groups in total. The SMILES string of the molecule is CCCOc1ccc(C(=O)CCC(=O)O[C@@H](C)C(=O)Nc2cccc(Cl)c2)cc1. The van der Waals surface area contributed by atoms with Crippen molar-refractivity contribution in [2.45, 2.75) is 39.2 Å². The van der Waals surface area contributed by atoms with Gasteiger partial charge in [0.25, 0.3) is 5.91 Å². The number of hydrogen-bond acceptors (Lipinski definition) is 5. The Morgan fingerprint density at radius 1 is 1.07 bits per heavy atom. The molecule has 0 saturated carbocycles. The molecule has 0 spiro atoms. The maximum Gasteiger partial charge on any atom is 0.307 e. The Kier molecular flexibility index (Phi) is 8.68. The lowest BCUT2D eigenvalue weighted by Gasteiger charge is -2.13. The number of esters is 1. The molecule has 1 atom stereocenters. The van der Waals surface area contributed by atoms with E-state index in [2.05, 4.69) is 5.32 Å². The molecular formula is C22H24ClNO5. The summed E-state index contributed by atoms with van der Waals surface area (Å²) in [4.78, 5) is 36.3. The van der Waals surface area contributed by atoms with Crippen LogP contribution in [-0.4, -0.2) is 30.4 Å². The lowest BCUT2D eigenvalue weighted by Crippen LogP contribution is -2.30. The molecule has 0 radical (unpaired) electrons. The van der Waals surface area contributed by atoms with Crippen LogP contribution in [0.1, 0.15) is 43.5 Å². The number of Topliss-reactive ketones (excluding diaryl/α,β-unsaturated/α-hetero) is 1.